The maximum atomic E-state index is 12.6. The molecule has 1 saturated heterocycles. The van der Waals surface area contributed by atoms with Crippen LogP contribution >= 0.6 is 12.4 Å². The second-order valence-corrected chi connectivity index (χ2v) is 22.5. The molecule has 3 saturated carbocycles. The molecule has 7 rings (SSSR count). The number of hydrogen-bond donors (Lipinski definition) is 2. The van der Waals surface area contributed by atoms with Crippen LogP contribution in [-0.2, 0) is 37.8 Å². The van der Waals surface area contributed by atoms with Gasteiger partial charge in [0.25, 0.3) is 0 Å². The van der Waals surface area contributed by atoms with E-state index in [1.165, 1.54) is 87.5 Å². The Hall–Kier alpha value is -1.55. The molecule has 0 aromatic heterocycles. The van der Waals surface area contributed by atoms with Crippen LogP contribution in [0, 0.1) is 6.07 Å². The molecule has 1 aliphatic heterocycles. The molecule has 2 unspecified atom stereocenters. The van der Waals surface area contributed by atoms with Crippen LogP contribution < -0.4 is 41.6 Å². The predicted octanol–water partition coefficient (Wildman–Crippen LogP) is 9.55. The molecule has 3 N–H and O–H groups in total. The van der Waals surface area contributed by atoms with Gasteiger partial charge in [0.05, 0.1) is 47.3 Å². The summed E-state index contributed by atoms with van der Waals surface area (Å²) in [4.78, 5) is 0. The van der Waals surface area contributed by atoms with Gasteiger partial charge in [0, 0.05) is 30.2 Å². The number of benzene rings is 3. The summed E-state index contributed by atoms with van der Waals surface area (Å²) < 4.78 is 52.0. The van der Waals surface area contributed by atoms with Crippen LogP contribution in [0.25, 0.3) is 0 Å². The molecule has 14 heteroatoms. The summed E-state index contributed by atoms with van der Waals surface area (Å²) in [6.45, 7) is 13.9. The van der Waals surface area contributed by atoms with Crippen molar-refractivity contribution in [3.8, 4) is 17.2 Å². The third kappa shape index (κ3) is 24.3. The predicted molar refractivity (Wildman–Crippen MR) is 281 cm³/mol. The van der Waals surface area contributed by atoms with Crippen LogP contribution in [0.3, 0.4) is 0 Å². The molecular formula is C52H85BrClMgN3O6S2. The van der Waals surface area contributed by atoms with Crippen LogP contribution in [0.4, 0.5) is 0 Å². The first-order valence-corrected chi connectivity index (χ1v) is 25.1. The summed E-state index contributed by atoms with van der Waals surface area (Å²) in [5.41, 5.74) is 9.72. The van der Waals surface area contributed by atoms with Gasteiger partial charge in [-0.05, 0) is 141 Å². The van der Waals surface area contributed by atoms with E-state index in [9.17, 15) is 8.42 Å². The first-order valence-electron chi connectivity index (χ1n) is 22.9. The van der Waals surface area contributed by atoms with Gasteiger partial charge in [-0.1, -0.05) is 76.6 Å². The fourth-order valence-corrected chi connectivity index (χ4v) is 9.25. The minimum absolute atomic E-state index is 0. The van der Waals surface area contributed by atoms with E-state index >= 15 is 0 Å². The van der Waals surface area contributed by atoms with E-state index in [0.29, 0.717) is 0 Å². The topological polar surface area (TPSA) is 121 Å². The number of halogens is 2. The maximum Gasteiger partial charge on any atom is 2.00 e. The molecule has 1 heterocycles. The van der Waals surface area contributed by atoms with Crippen molar-refractivity contribution in [1.29, 1.82) is 0 Å². The molecular weight excluding hydrogens is 966 g/mol. The average Bonchev–Trinajstić information content (AvgIpc) is 3.89. The van der Waals surface area contributed by atoms with Gasteiger partial charge in [-0.3, -0.25) is 0 Å². The molecule has 4 aliphatic rings. The van der Waals surface area contributed by atoms with E-state index in [0.717, 1.165) is 69.0 Å². The number of hydrogen-bond acceptors (Lipinski definition) is 7. The fraction of sp³-hybridized carbons (Fsp3) is 0.635. The molecule has 4 fully saturated rings. The Kier molecular flexibility index (Phi) is 35.0. The molecule has 0 bridgehead atoms. The quantitative estimate of drug-likeness (QED) is 0.170. The van der Waals surface area contributed by atoms with E-state index in [1.54, 1.807) is 27.4 Å². The van der Waals surface area contributed by atoms with Crippen molar-refractivity contribution >= 4 is 63.1 Å². The molecule has 9 nitrogen and oxygen atoms in total. The second-order valence-electron chi connectivity index (χ2n) is 18.6. The maximum absolute atomic E-state index is 12.6. The summed E-state index contributed by atoms with van der Waals surface area (Å²) in [6.07, 6.45) is 20.1. The van der Waals surface area contributed by atoms with Crippen molar-refractivity contribution in [2.75, 3.05) is 34.5 Å². The minimum atomic E-state index is -1.07. The summed E-state index contributed by atoms with van der Waals surface area (Å²) in [7, 11) is 2.91. The molecule has 3 aliphatic carbocycles. The monoisotopic (exact) mass is 1050 g/mol. The average molecular weight is 1050 g/mol. The van der Waals surface area contributed by atoms with E-state index in [1.807, 2.05) is 84.0 Å². The fourth-order valence-electron chi connectivity index (χ4n) is 7.58. The number of ether oxygens (including phenoxy) is 4. The second kappa shape index (κ2) is 34.7. The van der Waals surface area contributed by atoms with Crippen molar-refractivity contribution < 1.29 is 44.3 Å². The number of nitrogens with two attached hydrogens (primary N) is 1. The first-order chi connectivity index (χ1) is 29.5. The number of methoxy groups -OCH3 is 3. The zero-order valence-corrected chi connectivity index (χ0v) is 46.6. The van der Waals surface area contributed by atoms with Crippen molar-refractivity contribution in [3.05, 3.63) is 90.0 Å². The standard InChI is InChI=1S/C17H27NO2S.C13H19NO.C10H19NOS.C7H7O.C4H8O.CH4.BrH.ClH.Mg/c1-16(2,3)21(19)18-17(11-6-5-7-12-17)14-9-8-10-15(13-14)20-4;1-15-12-7-5-6-11(10-12)13(14)8-3-2-4-9-13;1-10(2,3)13(12)11-9-7-5-4-6-8-9;1-8-7-5-3-2-4-6-7;1-2-4-5-3-1;;;;/h8-10,13,18H,5-7,11-12H2,1-4H3;5-7,10H,2-4,8-9,14H2,1H3;4-8H2,1-3H3;2-3,5-6H,1H3;1-4H2;1H4;2*1H;/q;;;-1;;;;;+2/p-1. The molecule has 0 amide bonds. The van der Waals surface area contributed by atoms with Crippen LogP contribution in [0.2, 0.25) is 0 Å². The smallest absolute Gasteiger partial charge is 1.00 e. The zero-order valence-electron chi connectivity index (χ0n) is 41.1. The Morgan fingerprint density at radius 1 is 0.667 bits per heavy atom. The molecule has 3 aromatic carbocycles. The Morgan fingerprint density at radius 3 is 1.56 bits per heavy atom. The number of nitrogens with zero attached hydrogens (tertiary/aromatic N) is 1. The normalized spacial score (nSPS) is 17.9. The minimum Gasteiger partial charge on any atom is -1.00 e. The third-order valence-electron chi connectivity index (χ3n) is 11.5. The van der Waals surface area contributed by atoms with Crippen LogP contribution in [0.1, 0.15) is 169 Å². The van der Waals surface area contributed by atoms with Crippen LogP contribution in [-0.4, -0.2) is 81.2 Å². The van der Waals surface area contributed by atoms with E-state index in [4.69, 9.17) is 24.7 Å². The van der Waals surface area contributed by atoms with Gasteiger partial charge < -0.3 is 41.7 Å². The molecule has 372 valence electrons. The van der Waals surface area contributed by atoms with Crippen molar-refractivity contribution in [1.82, 2.24) is 4.72 Å². The summed E-state index contributed by atoms with van der Waals surface area (Å²) >= 11 is 0. The molecule has 66 heavy (non-hydrogen) atoms. The molecule has 3 aromatic rings. The summed E-state index contributed by atoms with van der Waals surface area (Å²) in [6, 6.07) is 26.7. The van der Waals surface area contributed by atoms with Gasteiger partial charge in [0.1, 0.15) is 22.5 Å². The number of nitrogens with one attached hydrogen (secondary N) is 1. The van der Waals surface area contributed by atoms with Gasteiger partial charge in [-0.25, -0.2) is 13.1 Å². The molecule has 2 atom stereocenters. The number of rotatable bonds is 8. The largest absolute Gasteiger partial charge is 2.00 e. The zero-order chi connectivity index (χ0) is 45.5. The third-order valence-corrected chi connectivity index (χ3v) is 14.6. The van der Waals surface area contributed by atoms with Crippen molar-refractivity contribution in [2.45, 2.75) is 179 Å². The van der Waals surface area contributed by atoms with Crippen LogP contribution in [0.5, 0.6) is 17.2 Å². The van der Waals surface area contributed by atoms with Crippen molar-refractivity contribution in [2.24, 2.45) is 10.1 Å². The van der Waals surface area contributed by atoms with E-state index in [-0.39, 0.29) is 80.4 Å². The van der Waals surface area contributed by atoms with Crippen molar-refractivity contribution in [3.63, 3.8) is 0 Å². The van der Waals surface area contributed by atoms with Gasteiger partial charge in [-0.15, -0.1) is 24.5 Å². The van der Waals surface area contributed by atoms with Gasteiger partial charge in [0.15, 0.2) is 0 Å². The molecule has 0 radical (unpaired) electrons. The first kappa shape index (κ1) is 66.5. The summed E-state index contributed by atoms with van der Waals surface area (Å²) in [5.74, 6) is 2.62. The van der Waals surface area contributed by atoms with E-state index in [2.05, 4.69) is 39.5 Å². The van der Waals surface area contributed by atoms with Gasteiger partial charge >= 0.3 is 23.1 Å². The Balaban J connectivity index is 0. The summed E-state index contributed by atoms with van der Waals surface area (Å²) in [5, 5.41) is 0. The van der Waals surface area contributed by atoms with Crippen LogP contribution in [0.15, 0.2) is 77.2 Å². The van der Waals surface area contributed by atoms with Gasteiger partial charge in [-0.2, -0.15) is 22.6 Å². The van der Waals surface area contributed by atoms with E-state index < -0.39 is 22.0 Å². The Labute approximate surface area is 439 Å². The Bertz CT molecular complexity index is 1780. The SMILES string of the molecule is C.C1CCOC1.CC(C)(C)S(=O)N=C1CCCCC1.COc1c[c-]ccc1.COc1cccc(C2(N)CCCCC2)c1.COc1cccc(C2(NS(=O)C(C)(C)C)CCCCC2)c1.Cl.[Br-].[Mg+2]. The Morgan fingerprint density at radius 2 is 1.14 bits per heavy atom. The molecule has 0 spiro atoms. The van der Waals surface area contributed by atoms with Gasteiger partial charge in [0.2, 0.25) is 0 Å².